The van der Waals surface area contributed by atoms with Gasteiger partial charge in [-0.05, 0) is 0 Å². The van der Waals surface area contributed by atoms with Gasteiger partial charge in [-0.3, -0.25) is 0 Å². The summed E-state index contributed by atoms with van der Waals surface area (Å²) >= 11 is 0.785. The Morgan fingerprint density at radius 1 is 1.18 bits per heavy atom. The minimum atomic E-state index is 0.785. The fourth-order valence-corrected chi connectivity index (χ4v) is 1.88. The average molecular weight is 310 g/mol. The van der Waals surface area contributed by atoms with E-state index in [1.165, 1.54) is 8.20 Å². The van der Waals surface area contributed by atoms with E-state index in [9.17, 15) is 0 Å². The maximum atomic E-state index is 2.24. The van der Waals surface area contributed by atoms with Gasteiger partial charge < -0.3 is 0 Å². The van der Waals surface area contributed by atoms with Crippen molar-refractivity contribution in [2.45, 2.75) is 2.64 Å². The summed E-state index contributed by atoms with van der Waals surface area (Å²) in [4.78, 5) is 0. The molecule has 0 radical (unpaired) electrons. The molecule has 0 atom stereocenters. The van der Waals surface area contributed by atoms with Gasteiger partial charge in [0.05, 0.1) is 0 Å². The summed E-state index contributed by atoms with van der Waals surface area (Å²) in [5.41, 5.74) is 1.44. The zero-order valence-electron chi connectivity index (χ0n) is 6.80. The molecule has 1 rings (SSSR count). The summed E-state index contributed by atoms with van der Waals surface area (Å²) in [5, 5.41) is 0. The third-order valence-corrected chi connectivity index (χ3v) is 3.14. The van der Waals surface area contributed by atoms with Crippen LogP contribution in [-0.4, -0.2) is 15.6 Å². The van der Waals surface area contributed by atoms with Crippen molar-refractivity contribution < 1.29 is 33.4 Å². The third kappa shape index (κ3) is 4.10. The van der Waals surface area contributed by atoms with Crippen LogP contribution in [0.5, 0.6) is 0 Å². The molecule has 69 valence electrons. The van der Waals surface area contributed by atoms with Crippen molar-refractivity contribution in [1.82, 2.24) is 1.50 Å². The Kier molecular flexibility index (Phi) is 4.43. The predicted octanol–water partition coefficient (Wildman–Crippen LogP) is 1.75. The van der Waals surface area contributed by atoms with E-state index in [0.717, 1.165) is 33.4 Å². The Balaban J connectivity index is 2.39. The molecule has 0 aliphatic carbocycles. The molecule has 0 amide bonds. The van der Waals surface area contributed by atoms with Crippen LogP contribution in [0, 0.1) is 33.4 Å². The van der Waals surface area contributed by atoms with Gasteiger partial charge in [0.25, 0.3) is 0 Å². The van der Waals surface area contributed by atoms with Crippen molar-refractivity contribution in [3.8, 4) is 0 Å². The van der Waals surface area contributed by atoms with E-state index in [-0.39, 0.29) is 0 Å². The molecule has 1 nitrogen and oxygen atoms in total. The Labute approximate surface area is 86.8 Å². The molecule has 0 bridgehead atoms. The standard InChI is InChI=1S/C7H7.C2H6N.Lu/c1-7-5-3-2-4-6-7;1-3-2;/h2-6H,1H2;1-2H3;/q;-1;+1. The summed E-state index contributed by atoms with van der Waals surface area (Å²) in [6.45, 7) is 0. The van der Waals surface area contributed by atoms with E-state index in [0.29, 0.717) is 0 Å². The van der Waals surface area contributed by atoms with Gasteiger partial charge in [-0.15, -0.1) is 0 Å². The number of hydrogen-bond donors (Lipinski definition) is 0. The van der Waals surface area contributed by atoms with E-state index in [1.807, 2.05) is 0 Å². The number of rotatable bonds is 3. The molecule has 2 heteroatoms. The molecule has 0 aliphatic heterocycles. The molecule has 0 saturated heterocycles. The predicted molar refractivity (Wildman–Crippen MR) is 43.8 cm³/mol. The molecule has 0 spiro atoms. The minimum absolute atomic E-state index is 0.785. The van der Waals surface area contributed by atoms with Crippen LogP contribution < -0.4 is 0 Å². The fraction of sp³-hybridized carbons (Fsp3) is 0.333. The molecular weight excluding hydrogens is 297 g/mol. The second-order valence-corrected chi connectivity index (χ2v) is 4.93. The molecule has 0 aliphatic rings. The van der Waals surface area contributed by atoms with Crippen molar-refractivity contribution in [1.29, 1.82) is 0 Å². The van der Waals surface area contributed by atoms with Crippen LogP contribution >= 0.6 is 0 Å². The van der Waals surface area contributed by atoms with Crippen LogP contribution in [0.2, 0.25) is 0 Å². The summed E-state index contributed by atoms with van der Waals surface area (Å²) in [5.74, 6) is 0. The molecule has 0 unspecified atom stereocenters. The Morgan fingerprint density at radius 3 is 2.36 bits per heavy atom. The van der Waals surface area contributed by atoms with Gasteiger partial charge in [0, 0.05) is 0 Å². The van der Waals surface area contributed by atoms with Crippen LogP contribution in [0.1, 0.15) is 5.56 Å². The molecule has 0 fully saturated rings. The topological polar surface area (TPSA) is 3.24 Å². The first-order valence-corrected chi connectivity index (χ1v) is 5.37. The second kappa shape index (κ2) is 5.13. The first kappa shape index (κ1) is 9.50. The Bertz CT molecular complexity index is 196. The van der Waals surface area contributed by atoms with Crippen molar-refractivity contribution in [3.05, 3.63) is 35.9 Å². The Hall–Kier alpha value is 0.414. The molecular formula is C9H13LuN. The number of benzene rings is 1. The summed E-state index contributed by atoms with van der Waals surface area (Å²) < 4.78 is 3.43. The third-order valence-electron chi connectivity index (χ3n) is 1.15. The first-order valence-electron chi connectivity index (χ1n) is 3.46. The van der Waals surface area contributed by atoms with E-state index in [2.05, 4.69) is 45.9 Å². The van der Waals surface area contributed by atoms with Crippen molar-refractivity contribution in [2.24, 2.45) is 0 Å². The van der Waals surface area contributed by atoms with Gasteiger partial charge in [-0.2, -0.15) is 0 Å². The van der Waals surface area contributed by atoms with Crippen molar-refractivity contribution in [2.75, 3.05) is 14.1 Å². The SMILES string of the molecule is C[N](C)[Lu][CH2]c1ccccc1. The Morgan fingerprint density at radius 2 is 1.82 bits per heavy atom. The van der Waals surface area contributed by atoms with Gasteiger partial charge in [-0.25, -0.2) is 0 Å². The van der Waals surface area contributed by atoms with E-state index >= 15 is 0 Å². The van der Waals surface area contributed by atoms with E-state index < -0.39 is 0 Å². The van der Waals surface area contributed by atoms with Crippen LogP contribution in [0.25, 0.3) is 0 Å². The quantitative estimate of drug-likeness (QED) is 0.822. The molecule has 0 N–H and O–H groups in total. The van der Waals surface area contributed by atoms with Gasteiger partial charge in [0.15, 0.2) is 0 Å². The molecule has 11 heavy (non-hydrogen) atoms. The van der Waals surface area contributed by atoms with Gasteiger partial charge in [-0.1, -0.05) is 0 Å². The van der Waals surface area contributed by atoms with Crippen LogP contribution in [0.3, 0.4) is 0 Å². The monoisotopic (exact) mass is 310 g/mol. The zero-order chi connectivity index (χ0) is 8.10. The first-order chi connectivity index (χ1) is 5.29. The fourth-order valence-electron chi connectivity index (χ4n) is 0.668. The van der Waals surface area contributed by atoms with Gasteiger partial charge >= 0.3 is 87.5 Å². The van der Waals surface area contributed by atoms with Crippen molar-refractivity contribution >= 4 is 0 Å². The van der Waals surface area contributed by atoms with Crippen LogP contribution in [0.4, 0.5) is 0 Å². The number of nitrogens with zero attached hydrogens (tertiary/aromatic N) is 1. The molecule has 0 saturated carbocycles. The zero-order valence-corrected chi connectivity index (χ0v) is 8.46. The molecule has 0 aromatic heterocycles. The summed E-state index contributed by atoms with van der Waals surface area (Å²) in [6.07, 6.45) is 0. The van der Waals surface area contributed by atoms with Crippen molar-refractivity contribution in [3.63, 3.8) is 0 Å². The number of hydrogen-bond acceptors (Lipinski definition) is 1. The normalized spacial score (nSPS) is 10.8. The van der Waals surface area contributed by atoms with Gasteiger partial charge in [0.1, 0.15) is 0 Å². The maximum absolute atomic E-state index is 2.24. The molecule has 0 heterocycles. The van der Waals surface area contributed by atoms with Gasteiger partial charge in [0.2, 0.25) is 0 Å². The second-order valence-electron chi connectivity index (χ2n) is 2.34. The molecule has 1 aromatic carbocycles. The van der Waals surface area contributed by atoms with Crippen LogP contribution in [-0.2, 0) is 2.64 Å². The molecule has 1 aromatic rings. The average Bonchev–Trinajstić information content (AvgIpc) is 2.03. The van der Waals surface area contributed by atoms with Crippen LogP contribution in [0.15, 0.2) is 30.3 Å². The summed E-state index contributed by atoms with van der Waals surface area (Å²) in [7, 11) is 4.24. The van der Waals surface area contributed by atoms with E-state index in [1.54, 1.807) is 0 Å². The van der Waals surface area contributed by atoms with E-state index in [4.69, 9.17) is 0 Å². The summed E-state index contributed by atoms with van der Waals surface area (Å²) in [6, 6.07) is 10.6.